The van der Waals surface area contributed by atoms with Gasteiger partial charge in [-0.25, -0.2) is 8.42 Å². The molecule has 0 saturated heterocycles. The Hall–Kier alpha value is -1.90. The summed E-state index contributed by atoms with van der Waals surface area (Å²) in [7, 11) is -3.50. The molecule has 0 aliphatic rings. The van der Waals surface area contributed by atoms with Gasteiger partial charge in [0.25, 0.3) is 0 Å². The van der Waals surface area contributed by atoms with E-state index in [1.807, 2.05) is 0 Å². The highest BCUT2D eigenvalue weighted by atomic mass is 32.2. The maximum atomic E-state index is 12.4. The second-order valence-electron chi connectivity index (χ2n) is 4.64. The van der Waals surface area contributed by atoms with Crippen LogP contribution < -0.4 is 0 Å². The Labute approximate surface area is 139 Å². The quantitative estimate of drug-likeness (QED) is 0.565. The standard InChI is InChI=1S/C15H17N3O3S2/c1-3-18(4-2)23(20,21)14-8-5-12(6-9-14)15(19)10-7-13-11-22-17-16-13/h5-11H,3-4H2,1-2H3/b10-7+. The molecule has 0 unspecified atom stereocenters. The molecule has 0 aliphatic carbocycles. The fourth-order valence-corrected chi connectivity index (χ4v) is 3.89. The van der Waals surface area contributed by atoms with Gasteiger partial charge in [-0.2, -0.15) is 4.31 Å². The molecule has 0 bridgehead atoms. The minimum absolute atomic E-state index is 0.186. The second-order valence-corrected chi connectivity index (χ2v) is 7.19. The van der Waals surface area contributed by atoms with E-state index in [-0.39, 0.29) is 10.7 Å². The zero-order valence-electron chi connectivity index (χ0n) is 12.8. The van der Waals surface area contributed by atoms with Crippen molar-refractivity contribution < 1.29 is 13.2 Å². The molecule has 2 rings (SSSR count). The van der Waals surface area contributed by atoms with Gasteiger partial charge < -0.3 is 0 Å². The number of hydrogen-bond donors (Lipinski definition) is 0. The van der Waals surface area contributed by atoms with Gasteiger partial charge >= 0.3 is 0 Å². The van der Waals surface area contributed by atoms with E-state index in [0.717, 1.165) is 0 Å². The summed E-state index contributed by atoms with van der Waals surface area (Å²) in [4.78, 5) is 12.2. The fourth-order valence-electron chi connectivity index (χ4n) is 2.01. The zero-order chi connectivity index (χ0) is 16.9. The Balaban J connectivity index is 2.17. The molecule has 0 atom stereocenters. The molecular weight excluding hydrogens is 334 g/mol. The summed E-state index contributed by atoms with van der Waals surface area (Å²) in [5.74, 6) is -0.218. The lowest BCUT2D eigenvalue weighted by molar-refractivity contribution is 0.104. The third-order valence-electron chi connectivity index (χ3n) is 3.26. The highest BCUT2D eigenvalue weighted by Crippen LogP contribution is 2.16. The van der Waals surface area contributed by atoms with Crippen molar-refractivity contribution in [3.63, 3.8) is 0 Å². The van der Waals surface area contributed by atoms with Crippen LogP contribution in [-0.2, 0) is 10.0 Å². The SMILES string of the molecule is CCN(CC)S(=O)(=O)c1ccc(C(=O)/C=C/c2csnn2)cc1. The number of nitrogens with zero attached hydrogens (tertiary/aromatic N) is 3. The molecule has 122 valence electrons. The summed E-state index contributed by atoms with van der Waals surface area (Å²) in [6, 6.07) is 5.95. The number of benzene rings is 1. The van der Waals surface area contributed by atoms with E-state index in [0.29, 0.717) is 24.3 Å². The van der Waals surface area contributed by atoms with Crippen molar-refractivity contribution in [1.29, 1.82) is 0 Å². The summed E-state index contributed by atoms with van der Waals surface area (Å²) in [5, 5.41) is 5.54. The third kappa shape index (κ3) is 4.10. The average molecular weight is 351 g/mol. The molecule has 0 aliphatic heterocycles. The van der Waals surface area contributed by atoms with Crippen LogP contribution in [0, 0.1) is 0 Å². The number of allylic oxidation sites excluding steroid dienone is 1. The van der Waals surface area contributed by atoms with Crippen LogP contribution >= 0.6 is 11.5 Å². The maximum Gasteiger partial charge on any atom is 0.243 e. The molecule has 2 aromatic rings. The molecular formula is C15H17N3O3S2. The number of carbonyl (C=O) groups is 1. The maximum absolute atomic E-state index is 12.4. The first-order valence-corrected chi connectivity index (χ1v) is 9.36. The molecule has 1 heterocycles. The molecule has 1 aromatic carbocycles. The van der Waals surface area contributed by atoms with Gasteiger partial charge in [0, 0.05) is 24.0 Å². The molecule has 8 heteroatoms. The van der Waals surface area contributed by atoms with Crippen LogP contribution in [0.1, 0.15) is 29.9 Å². The molecule has 23 heavy (non-hydrogen) atoms. The van der Waals surface area contributed by atoms with Gasteiger partial charge in [0.2, 0.25) is 10.0 Å². The minimum atomic E-state index is -3.50. The van der Waals surface area contributed by atoms with Gasteiger partial charge in [0.05, 0.1) is 10.6 Å². The Morgan fingerprint density at radius 3 is 2.39 bits per heavy atom. The van der Waals surface area contributed by atoms with E-state index >= 15 is 0 Å². The van der Waals surface area contributed by atoms with Crippen LogP contribution in [0.2, 0.25) is 0 Å². The lowest BCUT2D eigenvalue weighted by Crippen LogP contribution is -2.30. The Morgan fingerprint density at radius 2 is 1.87 bits per heavy atom. The van der Waals surface area contributed by atoms with E-state index < -0.39 is 10.0 Å². The number of hydrogen-bond acceptors (Lipinski definition) is 6. The van der Waals surface area contributed by atoms with Crippen LogP contribution in [0.3, 0.4) is 0 Å². The highest BCUT2D eigenvalue weighted by Gasteiger charge is 2.21. The van der Waals surface area contributed by atoms with E-state index in [1.54, 1.807) is 25.3 Å². The molecule has 0 radical (unpaired) electrons. The number of rotatable bonds is 7. The Bertz CT molecular complexity index is 778. The van der Waals surface area contributed by atoms with Gasteiger partial charge in [-0.1, -0.05) is 18.3 Å². The van der Waals surface area contributed by atoms with Gasteiger partial charge in [0.1, 0.15) is 0 Å². The normalized spacial score (nSPS) is 12.1. The largest absolute Gasteiger partial charge is 0.289 e. The summed E-state index contributed by atoms with van der Waals surface area (Å²) in [5.41, 5.74) is 1.03. The van der Waals surface area contributed by atoms with Crippen molar-refractivity contribution >= 4 is 33.4 Å². The Morgan fingerprint density at radius 1 is 1.22 bits per heavy atom. The summed E-state index contributed by atoms with van der Waals surface area (Å²) < 4.78 is 29.8. The topological polar surface area (TPSA) is 80.2 Å². The predicted octanol–water partition coefficient (Wildman–Crippen LogP) is 2.46. The van der Waals surface area contributed by atoms with Gasteiger partial charge in [0.15, 0.2) is 5.78 Å². The molecule has 1 aromatic heterocycles. The van der Waals surface area contributed by atoms with E-state index in [1.165, 1.54) is 46.2 Å². The van der Waals surface area contributed by atoms with Crippen molar-refractivity contribution in [2.45, 2.75) is 18.7 Å². The first-order valence-electron chi connectivity index (χ1n) is 7.08. The smallest absolute Gasteiger partial charge is 0.243 e. The van der Waals surface area contributed by atoms with Crippen LogP contribution in [0.5, 0.6) is 0 Å². The van der Waals surface area contributed by atoms with Crippen molar-refractivity contribution in [1.82, 2.24) is 13.9 Å². The van der Waals surface area contributed by atoms with Crippen molar-refractivity contribution in [3.8, 4) is 0 Å². The van der Waals surface area contributed by atoms with E-state index in [2.05, 4.69) is 9.59 Å². The van der Waals surface area contributed by atoms with Crippen molar-refractivity contribution in [2.24, 2.45) is 0 Å². The number of ketones is 1. The van der Waals surface area contributed by atoms with Crippen LogP contribution in [-0.4, -0.2) is 41.2 Å². The number of aromatic nitrogens is 2. The highest BCUT2D eigenvalue weighted by molar-refractivity contribution is 7.89. The second kappa shape index (κ2) is 7.58. The van der Waals surface area contributed by atoms with Crippen LogP contribution in [0.25, 0.3) is 6.08 Å². The minimum Gasteiger partial charge on any atom is -0.289 e. The summed E-state index contributed by atoms with van der Waals surface area (Å²) in [6.45, 7) is 4.39. The first-order chi connectivity index (χ1) is 11.0. The number of carbonyl (C=O) groups excluding carboxylic acids is 1. The van der Waals surface area contributed by atoms with E-state index in [4.69, 9.17) is 0 Å². The zero-order valence-corrected chi connectivity index (χ0v) is 14.5. The van der Waals surface area contributed by atoms with Gasteiger partial charge in [-0.3, -0.25) is 4.79 Å². The Kier molecular flexibility index (Phi) is 5.75. The first kappa shape index (κ1) is 17.5. The molecule has 0 saturated carbocycles. The van der Waals surface area contributed by atoms with Crippen molar-refractivity contribution in [3.05, 3.63) is 47.0 Å². The van der Waals surface area contributed by atoms with Crippen LogP contribution in [0.4, 0.5) is 0 Å². The molecule has 6 nitrogen and oxygen atoms in total. The lowest BCUT2D eigenvalue weighted by atomic mass is 10.1. The third-order valence-corrected chi connectivity index (χ3v) is 5.85. The number of sulfonamides is 1. The molecule has 0 N–H and O–H groups in total. The summed E-state index contributed by atoms with van der Waals surface area (Å²) in [6.07, 6.45) is 2.97. The fraction of sp³-hybridized carbons (Fsp3) is 0.267. The van der Waals surface area contributed by atoms with Crippen molar-refractivity contribution in [2.75, 3.05) is 13.1 Å². The monoisotopic (exact) mass is 351 g/mol. The lowest BCUT2D eigenvalue weighted by Gasteiger charge is -2.18. The van der Waals surface area contributed by atoms with Crippen LogP contribution in [0.15, 0.2) is 40.6 Å². The summed E-state index contributed by atoms with van der Waals surface area (Å²) >= 11 is 1.20. The molecule has 0 spiro atoms. The molecule has 0 amide bonds. The van der Waals surface area contributed by atoms with E-state index in [9.17, 15) is 13.2 Å². The van der Waals surface area contributed by atoms with Gasteiger partial charge in [-0.15, -0.1) is 5.10 Å². The average Bonchev–Trinajstić information content (AvgIpc) is 3.07. The molecule has 0 fully saturated rings. The van der Waals surface area contributed by atoms with Gasteiger partial charge in [-0.05, 0) is 47.9 Å². The predicted molar refractivity (Wildman–Crippen MR) is 89.8 cm³/mol.